The highest BCUT2D eigenvalue weighted by atomic mass is 32.1. The largest absolute Gasteiger partial charge is 0.448 e. The molecule has 0 bridgehead atoms. The van der Waals surface area contributed by atoms with E-state index >= 15 is 0 Å². The lowest BCUT2D eigenvalue weighted by atomic mass is 9.96. The predicted octanol–water partition coefficient (Wildman–Crippen LogP) is 3.91. The Balaban J connectivity index is 1.87. The fourth-order valence-electron chi connectivity index (χ4n) is 2.44. The zero-order valence-corrected chi connectivity index (χ0v) is 15.1. The summed E-state index contributed by atoms with van der Waals surface area (Å²) in [5.74, 6) is -0.468. The number of thiophene rings is 1. The van der Waals surface area contributed by atoms with Gasteiger partial charge in [0, 0.05) is 12.5 Å². The van der Waals surface area contributed by atoms with E-state index in [-0.39, 0.29) is 11.8 Å². The van der Waals surface area contributed by atoms with Gasteiger partial charge in [0.25, 0.3) is 5.91 Å². The molecule has 1 heterocycles. The Morgan fingerprint density at radius 3 is 2.50 bits per heavy atom. The average Bonchev–Trinajstić information content (AvgIpc) is 3.02. The van der Waals surface area contributed by atoms with Crippen molar-refractivity contribution in [2.75, 3.05) is 6.54 Å². The fraction of sp³-hybridized carbons (Fsp3) is 0.368. The lowest BCUT2D eigenvalue weighted by molar-refractivity contribution is -0.129. The summed E-state index contributed by atoms with van der Waals surface area (Å²) < 4.78 is 5.27. The molecule has 0 fully saturated rings. The molecular formula is C19H23NO3S. The van der Waals surface area contributed by atoms with Gasteiger partial charge >= 0.3 is 5.97 Å². The number of ether oxygens (including phenoxy) is 1. The second kappa shape index (κ2) is 8.64. The SMILES string of the molecule is CC[C@@H](CNC(=O)[C@H](C)OC(=O)c1sccc1C)c1ccccc1. The number of aryl methyl sites for hydroxylation is 1. The van der Waals surface area contributed by atoms with Crippen LogP contribution in [-0.4, -0.2) is 24.5 Å². The number of benzene rings is 1. The number of hydrogen-bond donors (Lipinski definition) is 1. The quantitative estimate of drug-likeness (QED) is 0.774. The average molecular weight is 345 g/mol. The van der Waals surface area contributed by atoms with Gasteiger partial charge in [-0.25, -0.2) is 4.79 Å². The fourth-order valence-corrected chi connectivity index (χ4v) is 3.25. The van der Waals surface area contributed by atoms with Crippen molar-refractivity contribution in [1.82, 2.24) is 5.32 Å². The molecule has 0 saturated heterocycles. The van der Waals surface area contributed by atoms with Gasteiger partial charge in [0.1, 0.15) is 4.88 Å². The minimum absolute atomic E-state index is 0.248. The molecule has 4 nitrogen and oxygen atoms in total. The maximum atomic E-state index is 12.2. The molecule has 1 amide bonds. The van der Waals surface area contributed by atoms with Crippen molar-refractivity contribution in [2.24, 2.45) is 0 Å². The van der Waals surface area contributed by atoms with Gasteiger partial charge in [0.05, 0.1) is 0 Å². The molecule has 1 aromatic heterocycles. The van der Waals surface area contributed by atoms with Crippen LogP contribution in [0.4, 0.5) is 0 Å². The third-order valence-electron chi connectivity index (χ3n) is 3.99. The summed E-state index contributed by atoms with van der Waals surface area (Å²) in [7, 11) is 0. The molecule has 1 aromatic carbocycles. The predicted molar refractivity (Wildman–Crippen MR) is 96.4 cm³/mol. The Morgan fingerprint density at radius 2 is 1.92 bits per heavy atom. The number of hydrogen-bond acceptors (Lipinski definition) is 4. The number of carbonyl (C=O) groups is 2. The Kier molecular flexibility index (Phi) is 6.55. The first-order valence-electron chi connectivity index (χ1n) is 8.10. The lowest BCUT2D eigenvalue weighted by Gasteiger charge is -2.18. The normalized spacial score (nSPS) is 13.1. The van der Waals surface area contributed by atoms with Crippen molar-refractivity contribution in [3.63, 3.8) is 0 Å². The van der Waals surface area contributed by atoms with Crippen LogP contribution in [0.5, 0.6) is 0 Å². The van der Waals surface area contributed by atoms with Crippen LogP contribution in [0.1, 0.15) is 47.0 Å². The van der Waals surface area contributed by atoms with E-state index in [1.807, 2.05) is 36.6 Å². The number of rotatable bonds is 7. The highest BCUT2D eigenvalue weighted by molar-refractivity contribution is 7.12. The Bertz CT molecular complexity index is 681. The third-order valence-corrected chi connectivity index (χ3v) is 4.98. The van der Waals surface area contributed by atoms with E-state index in [4.69, 9.17) is 4.74 Å². The minimum atomic E-state index is -0.813. The van der Waals surface area contributed by atoms with Crippen LogP contribution in [0.2, 0.25) is 0 Å². The number of nitrogens with one attached hydrogen (secondary N) is 1. The molecule has 0 aliphatic heterocycles. The minimum Gasteiger partial charge on any atom is -0.448 e. The highest BCUT2D eigenvalue weighted by Gasteiger charge is 2.21. The summed E-state index contributed by atoms with van der Waals surface area (Å²) in [6.07, 6.45) is 0.111. The van der Waals surface area contributed by atoms with E-state index in [1.54, 1.807) is 6.92 Å². The molecule has 0 radical (unpaired) electrons. The van der Waals surface area contributed by atoms with Crippen LogP contribution < -0.4 is 5.32 Å². The number of carbonyl (C=O) groups excluding carboxylic acids is 2. The van der Waals surface area contributed by atoms with E-state index in [0.717, 1.165) is 12.0 Å². The van der Waals surface area contributed by atoms with Gasteiger partial charge in [-0.15, -0.1) is 11.3 Å². The van der Waals surface area contributed by atoms with E-state index in [9.17, 15) is 9.59 Å². The summed E-state index contributed by atoms with van der Waals surface area (Å²) in [5.41, 5.74) is 2.06. The second-order valence-electron chi connectivity index (χ2n) is 5.74. The zero-order chi connectivity index (χ0) is 17.5. The number of esters is 1. The van der Waals surface area contributed by atoms with Crippen molar-refractivity contribution in [1.29, 1.82) is 0 Å². The van der Waals surface area contributed by atoms with E-state index in [0.29, 0.717) is 11.4 Å². The first-order chi connectivity index (χ1) is 11.5. The Labute approximate surface area is 146 Å². The molecular weight excluding hydrogens is 322 g/mol. The van der Waals surface area contributed by atoms with Crippen molar-refractivity contribution < 1.29 is 14.3 Å². The van der Waals surface area contributed by atoms with Crippen molar-refractivity contribution >= 4 is 23.2 Å². The van der Waals surface area contributed by atoms with Crippen molar-refractivity contribution in [3.05, 3.63) is 57.8 Å². The smallest absolute Gasteiger partial charge is 0.349 e. The van der Waals surface area contributed by atoms with E-state index < -0.39 is 12.1 Å². The van der Waals surface area contributed by atoms with E-state index in [2.05, 4.69) is 24.4 Å². The standard InChI is InChI=1S/C19H23NO3S/c1-4-15(16-8-6-5-7-9-16)12-20-18(21)14(3)23-19(22)17-13(2)10-11-24-17/h5-11,14-15H,4,12H2,1-3H3,(H,20,21)/t14-,15-/m0/s1. The van der Waals surface area contributed by atoms with Gasteiger partial charge in [0.15, 0.2) is 6.10 Å². The molecule has 24 heavy (non-hydrogen) atoms. The van der Waals surface area contributed by atoms with Crippen LogP contribution in [0, 0.1) is 6.92 Å². The molecule has 0 saturated carbocycles. The van der Waals surface area contributed by atoms with Gasteiger partial charge < -0.3 is 10.1 Å². The van der Waals surface area contributed by atoms with Crippen LogP contribution in [0.3, 0.4) is 0 Å². The van der Waals surface area contributed by atoms with E-state index in [1.165, 1.54) is 16.9 Å². The Hall–Kier alpha value is -2.14. The van der Waals surface area contributed by atoms with Crippen LogP contribution >= 0.6 is 11.3 Å². The van der Waals surface area contributed by atoms with Crippen LogP contribution in [-0.2, 0) is 9.53 Å². The Morgan fingerprint density at radius 1 is 1.21 bits per heavy atom. The summed E-state index contributed by atoms with van der Waals surface area (Å²) in [4.78, 5) is 24.8. The summed E-state index contributed by atoms with van der Waals surface area (Å²) in [6, 6.07) is 11.9. The molecule has 2 aromatic rings. The molecule has 2 atom stereocenters. The van der Waals surface area contributed by atoms with Gasteiger partial charge in [-0.05, 0) is 42.8 Å². The maximum Gasteiger partial charge on any atom is 0.349 e. The third kappa shape index (κ3) is 4.68. The molecule has 2 rings (SSSR count). The second-order valence-corrected chi connectivity index (χ2v) is 6.66. The van der Waals surface area contributed by atoms with Crippen molar-refractivity contribution in [2.45, 2.75) is 39.2 Å². The van der Waals surface area contributed by atoms with Gasteiger partial charge in [-0.1, -0.05) is 37.3 Å². The van der Waals surface area contributed by atoms with Crippen molar-refractivity contribution in [3.8, 4) is 0 Å². The highest BCUT2D eigenvalue weighted by Crippen LogP contribution is 2.19. The molecule has 128 valence electrons. The van der Waals surface area contributed by atoms with Crippen LogP contribution in [0.15, 0.2) is 41.8 Å². The molecule has 1 N–H and O–H groups in total. The summed E-state index contributed by atoms with van der Waals surface area (Å²) >= 11 is 1.32. The van der Waals surface area contributed by atoms with Gasteiger partial charge in [-0.3, -0.25) is 4.79 Å². The monoisotopic (exact) mass is 345 g/mol. The molecule has 0 aliphatic carbocycles. The first-order valence-corrected chi connectivity index (χ1v) is 8.98. The molecule has 5 heteroatoms. The van der Waals surface area contributed by atoms with Crippen LogP contribution in [0.25, 0.3) is 0 Å². The lowest BCUT2D eigenvalue weighted by Crippen LogP contribution is -2.38. The summed E-state index contributed by atoms with van der Waals surface area (Å²) in [6.45, 7) is 6.06. The molecule has 0 spiro atoms. The molecule has 0 aliphatic rings. The topological polar surface area (TPSA) is 55.4 Å². The number of amides is 1. The maximum absolute atomic E-state index is 12.2. The van der Waals surface area contributed by atoms with Gasteiger partial charge in [-0.2, -0.15) is 0 Å². The zero-order valence-electron chi connectivity index (χ0n) is 14.2. The summed E-state index contributed by atoms with van der Waals surface area (Å²) in [5, 5.41) is 4.72. The first kappa shape index (κ1) is 18.2. The molecule has 0 unspecified atom stereocenters. The van der Waals surface area contributed by atoms with Gasteiger partial charge in [0.2, 0.25) is 0 Å².